The number of thiazole rings is 1. The Labute approximate surface area is 203 Å². The predicted molar refractivity (Wildman–Crippen MR) is 137 cm³/mol. The van der Waals surface area contributed by atoms with Gasteiger partial charge in [0.05, 0.1) is 17.3 Å². The van der Waals surface area contributed by atoms with Crippen LogP contribution in [-0.2, 0) is 0 Å². The summed E-state index contributed by atoms with van der Waals surface area (Å²) in [5, 5.41) is 4.13. The Bertz CT molecular complexity index is 1040. The van der Waals surface area contributed by atoms with Crippen LogP contribution in [0.1, 0.15) is 17.3 Å². The van der Waals surface area contributed by atoms with E-state index >= 15 is 0 Å². The number of methoxy groups -OCH3 is 1. The summed E-state index contributed by atoms with van der Waals surface area (Å²) in [7, 11) is 1.69. The number of nitrogens with zero attached hydrogens (tertiary/aromatic N) is 3. The molecule has 0 spiro atoms. The molecule has 6 nitrogen and oxygen atoms in total. The Balaban J connectivity index is 0.00000289. The van der Waals surface area contributed by atoms with Gasteiger partial charge in [-0.25, -0.2) is 4.98 Å². The van der Waals surface area contributed by atoms with E-state index in [1.165, 1.54) is 0 Å². The first-order valence-electron chi connectivity index (χ1n) is 10.6. The van der Waals surface area contributed by atoms with Crippen LogP contribution in [0.2, 0.25) is 0 Å². The highest BCUT2D eigenvalue weighted by Gasteiger charge is 2.20. The average Bonchev–Trinajstić information content (AvgIpc) is 3.23. The average molecular weight is 493 g/mol. The summed E-state index contributed by atoms with van der Waals surface area (Å²) < 4.78 is 6.47. The fourth-order valence-electron chi connectivity index (χ4n) is 3.64. The molecular weight excluding hydrogens is 464 g/mol. The number of halogens is 1. The van der Waals surface area contributed by atoms with Gasteiger partial charge in [0.2, 0.25) is 0 Å². The SMILES string of the molecule is CCSc1cccc(C(=O)NCCN2CCN(c3nc4ccc(OC)cc4s3)CC2)c1.Cl. The molecule has 9 heteroatoms. The molecule has 0 aliphatic carbocycles. The third kappa shape index (κ3) is 6.07. The summed E-state index contributed by atoms with van der Waals surface area (Å²) in [6.07, 6.45) is 0. The molecule has 1 aliphatic heterocycles. The monoisotopic (exact) mass is 492 g/mol. The van der Waals surface area contributed by atoms with Gasteiger partial charge in [0, 0.05) is 49.7 Å². The first kappa shape index (κ1) is 24.6. The number of aromatic nitrogens is 1. The van der Waals surface area contributed by atoms with E-state index in [0.717, 1.165) is 70.0 Å². The second-order valence-corrected chi connectivity index (χ2v) is 9.72. The molecule has 32 heavy (non-hydrogen) atoms. The highest BCUT2D eigenvalue weighted by Crippen LogP contribution is 2.31. The van der Waals surface area contributed by atoms with E-state index in [1.807, 2.05) is 42.5 Å². The number of hydrogen-bond acceptors (Lipinski definition) is 7. The van der Waals surface area contributed by atoms with Crippen LogP contribution in [0.3, 0.4) is 0 Å². The van der Waals surface area contributed by atoms with E-state index in [9.17, 15) is 4.79 Å². The Kier molecular flexibility index (Phi) is 9.04. The lowest BCUT2D eigenvalue weighted by molar-refractivity contribution is 0.0947. The first-order valence-corrected chi connectivity index (χ1v) is 12.4. The molecule has 1 aromatic heterocycles. The standard InChI is InChI=1S/C23H28N4O2S2.ClH/c1-3-30-19-6-4-5-17(15-19)22(28)24-9-10-26-11-13-27(14-12-26)23-25-20-8-7-18(29-2)16-21(20)31-23;/h4-8,15-16H,3,9-14H2,1-2H3,(H,24,28);1H. The molecule has 0 saturated carbocycles. The van der Waals surface area contributed by atoms with Crippen LogP contribution >= 0.6 is 35.5 Å². The zero-order valence-electron chi connectivity index (χ0n) is 18.4. The maximum absolute atomic E-state index is 12.4. The molecule has 172 valence electrons. The molecule has 4 rings (SSSR count). The number of ether oxygens (including phenoxy) is 1. The predicted octanol–water partition coefficient (Wildman–Crippen LogP) is 4.39. The number of piperazine rings is 1. The number of carbonyl (C=O) groups excluding carboxylic acids is 1. The minimum Gasteiger partial charge on any atom is -0.497 e. The van der Waals surface area contributed by atoms with Gasteiger partial charge in [0.25, 0.3) is 5.91 Å². The van der Waals surface area contributed by atoms with Crippen LogP contribution in [-0.4, -0.2) is 67.9 Å². The van der Waals surface area contributed by atoms with Gasteiger partial charge in [-0.05, 0) is 42.2 Å². The molecule has 2 aromatic carbocycles. The molecule has 0 atom stereocenters. The minimum atomic E-state index is 0. The molecule has 0 radical (unpaired) electrons. The lowest BCUT2D eigenvalue weighted by atomic mass is 10.2. The fraction of sp³-hybridized carbons (Fsp3) is 0.391. The van der Waals surface area contributed by atoms with E-state index in [-0.39, 0.29) is 18.3 Å². The first-order chi connectivity index (χ1) is 15.2. The van der Waals surface area contributed by atoms with Gasteiger partial charge >= 0.3 is 0 Å². The van der Waals surface area contributed by atoms with Gasteiger partial charge in [-0.3, -0.25) is 9.69 Å². The topological polar surface area (TPSA) is 57.7 Å². The van der Waals surface area contributed by atoms with Crippen molar-refractivity contribution in [2.24, 2.45) is 0 Å². The molecule has 1 aliphatic rings. The number of hydrogen-bond donors (Lipinski definition) is 1. The van der Waals surface area contributed by atoms with Crippen molar-refractivity contribution in [1.29, 1.82) is 0 Å². The molecule has 1 N–H and O–H groups in total. The normalized spacial score (nSPS) is 14.2. The Morgan fingerprint density at radius 3 is 2.75 bits per heavy atom. The van der Waals surface area contributed by atoms with Crippen LogP contribution in [0.4, 0.5) is 5.13 Å². The number of nitrogens with one attached hydrogen (secondary N) is 1. The number of amides is 1. The van der Waals surface area contributed by atoms with Gasteiger partial charge in [-0.1, -0.05) is 24.3 Å². The molecule has 0 bridgehead atoms. The van der Waals surface area contributed by atoms with Gasteiger partial charge in [-0.15, -0.1) is 24.2 Å². The summed E-state index contributed by atoms with van der Waals surface area (Å²) in [4.78, 5) is 23.1. The quantitative estimate of drug-likeness (QED) is 0.470. The van der Waals surface area contributed by atoms with Gasteiger partial charge in [-0.2, -0.15) is 0 Å². The number of carbonyl (C=O) groups is 1. The lowest BCUT2D eigenvalue weighted by Gasteiger charge is -2.34. The van der Waals surface area contributed by atoms with Crippen LogP contribution in [0.5, 0.6) is 5.75 Å². The van der Waals surface area contributed by atoms with E-state index in [2.05, 4.69) is 22.0 Å². The number of benzene rings is 2. The van der Waals surface area contributed by atoms with Gasteiger partial charge in [0.1, 0.15) is 5.75 Å². The van der Waals surface area contributed by atoms with Crippen LogP contribution < -0.4 is 15.0 Å². The molecule has 0 unspecified atom stereocenters. The molecular formula is C23H29ClN4O2S2. The van der Waals surface area contributed by atoms with Crippen molar-refractivity contribution in [1.82, 2.24) is 15.2 Å². The van der Waals surface area contributed by atoms with Crippen molar-refractivity contribution in [3.63, 3.8) is 0 Å². The molecule has 1 saturated heterocycles. The molecule has 3 aromatic rings. The maximum atomic E-state index is 12.4. The number of thioether (sulfide) groups is 1. The zero-order chi connectivity index (χ0) is 21.6. The summed E-state index contributed by atoms with van der Waals surface area (Å²) in [6.45, 7) is 7.47. The van der Waals surface area contributed by atoms with Gasteiger partial charge < -0.3 is 15.0 Å². The van der Waals surface area contributed by atoms with Crippen LogP contribution in [0, 0.1) is 0 Å². The smallest absolute Gasteiger partial charge is 0.251 e. The number of fused-ring (bicyclic) bond motifs is 1. The Hall–Kier alpha value is -2.00. The third-order valence-electron chi connectivity index (χ3n) is 5.35. The largest absolute Gasteiger partial charge is 0.497 e. The summed E-state index contributed by atoms with van der Waals surface area (Å²) >= 11 is 3.47. The summed E-state index contributed by atoms with van der Waals surface area (Å²) in [5.74, 6) is 1.87. The summed E-state index contributed by atoms with van der Waals surface area (Å²) in [6, 6.07) is 13.9. The van der Waals surface area contributed by atoms with Crippen molar-refractivity contribution in [2.45, 2.75) is 11.8 Å². The van der Waals surface area contributed by atoms with E-state index in [4.69, 9.17) is 9.72 Å². The zero-order valence-corrected chi connectivity index (χ0v) is 20.8. The van der Waals surface area contributed by atoms with E-state index in [1.54, 1.807) is 30.2 Å². The van der Waals surface area contributed by atoms with E-state index in [0.29, 0.717) is 6.54 Å². The second-order valence-electron chi connectivity index (χ2n) is 7.38. The molecule has 1 fully saturated rings. The molecule has 1 amide bonds. The van der Waals surface area contributed by atoms with Crippen molar-refractivity contribution in [3.8, 4) is 5.75 Å². The highest BCUT2D eigenvalue weighted by molar-refractivity contribution is 7.99. The highest BCUT2D eigenvalue weighted by atomic mass is 35.5. The van der Waals surface area contributed by atoms with Gasteiger partial charge in [0.15, 0.2) is 5.13 Å². The lowest BCUT2D eigenvalue weighted by Crippen LogP contribution is -2.48. The summed E-state index contributed by atoms with van der Waals surface area (Å²) in [5.41, 5.74) is 1.75. The van der Waals surface area contributed by atoms with Crippen molar-refractivity contribution in [2.75, 3.05) is 57.0 Å². The minimum absolute atomic E-state index is 0. The van der Waals surface area contributed by atoms with Crippen LogP contribution in [0.15, 0.2) is 47.4 Å². The van der Waals surface area contributed by atoms with Crippen LogP contribution in [0.25, 0.3) is 10.2 Å². The molecule has 2 heterocycles. The Morgan fingerprint density at radius 2 is 2.00 bits per heavy atom. The van der Waals surface area contributed by atoms with Crippen molar-refractivity contribution < 1.29 is 9.53 Å². The maximum Gasteiger partial charge on any atom is 0.251 e. The third-order valence-corrected chi connectivity index (χ3v) is 7.30. The van der Waals surface area contributed by atoms with E-state index < -0.39 is 0 Å². The van der Waals surface area contributed by atoms with Crippen molar-refractivity contribution >= 4 is 56.8 Å². The second kappa shape index (κ2) is 11.7. The van der Waals surface area contributed by atoms with Crippen molar-refractivity contribution in [3.05, 3.63) is 48.0 Å². The Morgan fingerprint density at radius 1 is 1.19 bits per heavy atom. The number of rotatable bonds is 8. The number of anilines is 1. The fourth-order valence-corrected chi connectivity index (χ4v) is 5.41.